The Balaban J connectivity index is 1.03. The Morgan fingerprint density at radius 3 is 2.45 bits per heavy atom. The largest absolute Gasteiger partial charge is 0.487 e. The monoisotopic (exact) mass is 544 g/mol. The first-order valence-corrected chi connectivity index (χ1v) is 14.7. The van der Waals surface area contributed by atoms with Gasteiger partial charge in [0.15, 0.2) is 0 Å². The second-order valence-electron chi connectivity index (χ2n) is 12.7. The van der Waals surface area contributed by atoms with Crippen LogP contribution >= 0.6 is 0 Å². The third-order valence-corrected chi connectivity index (χ3v) is 9.32. The van der Waals surface area contributed by atoms with Crippen LogP contribution in [0.15, 0.2) is 42.5 Å². The minimum absolute atomic E-state index is 0.0421. The van der Waals surface area contributed by atoms with E-state index >= 15 is 0 Å². The summed E-state index contributed by atoms with van der Waals surface area (Å²) in [6, 6.07) is 13.2. The number of piperidine rings is 2. The molecule has 4 aliphatic rings. The highest BCUT2D eigenvalue weighted by atomic mass is 16.5. The molecule has 0 radical (unpaired) electrons. The molecule has 3 saturated heterocycles. The summed E-state index contributed by atoms with van der Waals surface area (Å²) in [4.78, 5) is 42.2. The normalized spacial score (nSPS) is 23.4. The molecule has 6 rings (SSSR count). The Bertz CT molecular complexity index is 1300. The van der Waals surface area contributed by atoms with Gasteiger partial charge in [-0.2, -0.15) is 0 Å². The van der Waals surface area contributed by atoms with Crippen molar-refractivity contribution in [2.45, 2.75) is 77.0 Å². The standard InChI is InChI=1S/C32H40N4O4/c1-31(2)20-22-6-5-7-23(28(22)40-31)21-35-16-12-32(13-17-35)14-18-36(19-15-32)30(39)24-8-3-4-9-25(24)34-29(38)26-10-11-27(37)33-26/h3-9,26H,10-21H2,1-2H3,(H,33,37)(H,34,38)/t26-/m0/s1. The number of nitrogens with zero attached hydrogens (tertiary/aromatic N) is 2. The Labute approximate surface area is 236 Å². The van der Waals surface area contributed by atoms with Crippen LogP contribution in [0.5, 0.6) is 5.75 Å². The Kier molecular flexibility index (Phi) is 7.07. The van der Waals surface area contributed by atoms with Crippen LogP contribution in [0.4, 0.5) is 5.69 Å². The quantitative estimate of drug-likeness (QED) is 0.591. The number of carbonyl (C=O) groups is 3. The SMILES string of the molecule is CC1(C)Cc2cccc(CN3CCC4(CC3)CCN(C(=O)c3ccccc3NC(=O)[C@@H]3CCC(=O)N3)CC4)c2O1. The zero-order valence-corrected chi connectivity index (χ0v) is 23.6. The third-order valence-electron chi connectivity index (χ3n) is 9.32. The summed E-state index contributed by atoms with van der Waals surface area (Å²) in [7, 11) is 0. The number of likely N-dealkylation sites (tertiary alicyclic amines) is 2. The molecule has 1 atom stereocenters. The van der Waals surface area contributed by atoms with Crippen molar-refractivity contribution < 1.29 is 19.1 Å². The maximum absolute atomic E-state index is 13.5. The van der Waals surface area contributed by atoms with Crippen molar-refractivity contribution >= 4 is 23.4 Å². The van der Waals surface area contributed by atoms with E-state index in [1.807, 2.05) is 17.0 Å². The molecule has 3 fully saturated rings. The lowest BCUT2D eigenvalue weighted by Crippen LogP contribution is -2.48. The number of hydrogen-bond acceptors (Lipinski definition) is 5. The van der Waals surface area contributed by atoms with Gasteiger partial charge in [-0.1, -0.05) is 30.3 Å². The zero-order chi connectivity index (χ0) is 27.9. The highest BCUT2D eigenvalue weighted by Crippen LogP contribution is 2.43. The molecule has 2 aromatic rings. The van der Waals surface area contributed by atoms with E-state index in [4.69, 9.17) is 4.74 Å². The van der Waals surface area contributed by atoms with Gasteiger partial charge in [-0.25, -0.2) is 0 Å². The van der Waals surface area contributed by atoms with Crippen LogP contribution in [0.2, 0.25) is 0 Å². The molecule has 2 aromatic carbocycles. The highest BCUT2D eigenvalue weighted by Gasteiger charge is 2.39. The molecular formula is C32H40N4O4. The first-order chi connectivity index (χ1) is 19.2. The molecule has 0 unspecified atom stereocenters. The predicted molar refractivity (Wildman–Crippen MR) is 153 cm³/mol. The fourth-order valence-electron chi connectivity index (χ4n) is 6.89. The van der Waals surface area contributed by atoms with E-state index in [0.29, 0.717) is 29.5 Å². The smallest absolute Gasteiger partial charge is 0.255 e. The van der Waals surface area contributed by atoms with E-state index in [-0.39, 0.29) is 23.3 Å². The van der Waals surface area contributed by atoms with Crippen molar-refractivity contribution in [2.24, 2.45) is 5.41 Å². The molecule has 1 spiro atoms. The summed E-state index contributed by atoms with van der Waals surface area (Å²) in [5.41, 5.74) is 3.78. The fourth-order valence-corrected chi connectivity index (χ4v) is 6.89. The van der Waals surface area contributed by atoms with Crippen molar-refractivity contribution in [3.05, 3.63) is 59.2 Å². The molecule has 4 aliphatic heterocycles. The summed E-state index contributed by atoms with van der Waals surface area (Å²) in [6.45, 7) is 8.83. The number of ether oxygens (including phenoxy) is 1. The molecule has 8 nitrogen and oxygen atoms in total. The van der Waals surface area contributed by atoms with Crippen molar-refractivity contribution in [1.29, 1.82) is 0 Å². The van der Waals surface area contributed by atoms with Gasteiger partial charge in [0.2, 0.25) is 11.8 Å². The zero-order valence-electron chi connectivity index (χ0n) is 23.6. The average Bonchev–Trinajstić information content (AvgIpc) is 3.52. The topological polar surface area (TPSA) is 91.0 Å². The number of para-hydroxylation sites is 2. The molecule has 3 amide bonds. The number of benzene rings is 2. The van der Waals surface area contributed by atoms with Gasteiger partial charge >= 0.3 is 0 Å². The van der Waals surface area contributed by atoms with E-state index < -0.39 is 6.04 Å². The van der Waals surface area contributed by atoms with Crippen molar-refractivity contribution in [3.63, 3.8) is 0 Å². The molecule has 0 bridgehead atoms. The summed E-state index contributed by atoms with van der Waals surface area (Å²) in [5, 5.41) is 5.57. The molecular weight excluding hydrogens is 504 g/mol. The second kappa shape index (κ2) is 10.5. The summed E-state index contributed by atoms with van der Waals surface area (Å²) in [6.07, 6.45) is 6.11. The van der Waals surface area contributed by atoms with Gasteiger partial charge in [-0.3, -0.25) is 19.3 Å². The van der Waals surface area contributed by atoms with Crippen LogP contribution in [0.25, 0.3) is 0 Å². The molecule has 212 valence electrons. The van der Waals surface area contributed by atoms with Crippen LogP contribution in [0.3, 0.4) is 0 Å². The van der Waals surface area contributed by atoms with Crippen LogP contribution < -0.4 is 15.4 Å². The minimum Gasteiger partial charge on any atom is -0.487 e. The van der Waals surface area contributed by atoms with Crippen molar-refractivity contribution in [3.8, 4) is 5.75 Å². The number of hydrogen-bond donors (Lipinski definition) is 2. The molecule has 2 N–H and O–H groups in total. The van der Waals surface area contributed by atoms with Crippen LogP contribution in [-0.4, -0.2) is 65.3 Å². The van der Waals surface area contributed by atoms with Gasteiger partial charge in [-0.05, 0) is 82.2 Å². The lowest BCUT2D eigenvalue weighted by molar-refractivity contribution is -0.122. The Morgan fingerprint density at radius 1 is 1.00 bits per heavy atom. The Morgan fingerprint density at radius 2 is 1.73 bits per heavy atom. The van der Waals surface area contributed by atoms with Crippen LogP contribution in [0, 0.1) is 5.41 Å². The summed E-state index contributed by atoms with van der Waals surface area (Å²) in [5.74, 6) is 0.661. The lowest BCUT2D eigenvalue weighted by Gasteiger charge is -2.47. The van der Waals surface area contributed by atoms with E-state index in [0.717, 1.165) is 70.6 Å². The second-order valence-corrected chi connectivity index (χ2v) is 12.7. The third kappa shape index (κ3) is 5.46. The van der Waals surface area contributed by atoms with Gasteiger partial charge in [0.05, 0.1) is 11.3 Å². The van der Waals surface area contributed by atoms with Crippen molar-refractivity contribution in [1.82, 2.24) is 15.1 Å². The number of anilines is 1. The van der Waals surface area contributed by atoms with Gasteiger partial charge < -0.3 is 20.3 Å². The van der Waals surface area contributed by atoms with E-state index in [2.05, 4.69) is 47.6 Å². The van der Waals surface area contributed by atoms with E-state index in [1.54, 1.807) is 12.1 Å². The first kappa shape index (κ1) is 26.8. The minimum atomic E-state index is -0.543. The van der Waals surface area contributed by atoms with Crippen LogP contribution in [0.1, 0.15) is 73.9 Å². The Hall–Kier alpha value is -3.39. The molecule has 40 heavy (non-hydrogen) atoms. The van der Waals surface area contributed by atoms with Crippen LogP contribution in [-0.2, 0) is 22.6 Å². The van der Waals surface area contributed by atoms with E-state index in [1.165, 1.54) is 11.1 Å². The van der Waals surface area contributed by atoms with E-state index in [9.17, 15) is 14.4 Å². The predicted octanol–water partition coefficient (Wildman–Crippen LogP) is 4.14. The summed E-state index contributed by atoms with van der Waals surface area (Å²) >= 11 is 0. The number of amides is 3. The highest BCUT2D eigenvalue weighted by molar-refractivity contribution is 6.06. The van der Waals surface area contributed by atoms with Crippen molar-refractivity contribution in [2.75, 3.05) is 31.5 Å². The maximum atomic E-state index is 13.5. The summed E-state index contributed by atoms with van der Waals surface area (Å²) < 4.78 is 6.30. The molecule has 0 aliphatic carbocycles. The number of carbonyl (C=O) groups excluding carboxylic acids is 3. The maximum Gasteiger partial charge on any atom is 0.255 e. The molecule has 4 heterocycles. The van der Waals surface area contributed by atoms with Gasteiger partial charge in [0.25, 0.3) is 5.91 Å². The number of nitrogens with one attached hydrogen (secondary N) is 2. The van der Waals surface area contributed by atoms with Gasteiger partial charge in [-0.15, -0.1) is 0 Å². The average molecular weight is 545 g/mol. The fraction of sp³-hybridized carbons (Fsp3) is 0.531. The number of rotatable bonds is 5. The first-order valence-electron chi connectivity index (χ1n) is 14.7. The molecule has 8 heteroatoms. The van der Waals surface area contributed by atoms with Gasteiger partial charge in [0, 0.05) is 38.0 Å². The molecule has 0 aromatic heterocycles. The lowest BCUT2D eigenvalue weighted by atomic mass is 9.71. The van der Waals surface area contributed by atoms with Gasteiger partial charge in [0.1, 0.15) is 17.4 Å². The molecule has 0 saturated carbocycles. The number of fused-ring (bicyclic) bond motifs is 1.